The Hall–Kier alpha value is -3.14. The van der Waals surface area contributed by atoms with Crippen LogP contribution in [-0.2, 0) is 9.53 Å². The summed E-state index contributed by atoms with van der Waals surface area (Å²) in [4.78, 5) is 39.9. The quantitative estimate of drug-likeness (QED) is 0.588. The van der Waals surface area contributed by atoms with Crippen LogP contribution in [0, 0.1) is 6.92 Å². The number of nitrogens with one attached hydrogen (secondary N) is 1. The average Bonchev–Trinajstić information content (AvgIpc) is 3.46. The SMILES string of the molecule is Cc1cc(NC2CCN(C(=O)O[C@@H]3CCN(C(=O)/C=C/CN(C)C)C3)CC2)c2ncn(C(C)C)c2n1. The van der Waals surface area contributed by atoms with Gasteiger partial charge >= 0.3 is 6.09 Å². The molecular weight excluding hydrogens is 458 g/mol. The van der Waals surface area contributed by atoms with E-state index in [1.54, 1.807) is 15.9 Å². The maximum Gasteiger partial charge on any atom is 0.410 e. The number of carbonyl (C=O) groups is 2. The molecule has 2 aliphatic rings. The topological polar surface area (TPSA) is 95.8 Å². The Morgan fingerprint density at radius 3 is 2.61 bits per heavy atom. The predicted molar refractivity (Wildman–Crippen MR) is 140 cm³/mol. The van der Waals surface area contributed by atoms with E-state index in [9.17, 15) is 9.59 Å². The maximum absolute atomic E-state index is 12.8. The molecule has 4 rings (SSSR count). The van der Waals surface area contributed by atoms with E-state index in [1.807, 2.05) is 44.4 Å². The van der Waals surface area contributed by atoms with Crippen molar-refractivity contribution in [1.82, 2.24) is 29.2 Å². The van der Waals surface area contributed by atoms with Crippen molar-refractivity contribution in [3.05, 3.63) is 30.2 Å². The van der Waals surface area contributed by atoms with Gasteiger partial charge in [0, 0.05) is 56.5 Å². The number of aromatic nitrogens is 3. The molecule has 0 saturated carbocycles. The van der Waals surface area contributed by atoms with Crippen LogP contribution in [0.15, 0.2) is 24.5 Å². The molecule has 0 aliphatic carbocycles. The zero-order valence-corrected chi connectivity index (χ0v) is 22.1. The Kier molecular flexibility index (Phi) is 8.13. The average molecular weight is 498 g/mol. The fourth-order valence-corrected chi connectivity index (χ4v) is 4.76. The van der Waals surface area contributed by atoms with E-state index >= 15 is 0 Å². The third-order valence-corrected chi connectivity index (χ3v) is 6.78. The molecule has 2 aliphatic heterocycles. The number of piperidine rings is 1. The van der Waals surface area contributed by atoms with E-state index in [-0.39, 0.29) is 30.2 Å². The summed E-state index contributed by atoms with van der Waals surface area (Å²) >= 11 is 0. The van der Waals surface area contributed by atoms with Gasteiger partial charge in [-0.15, -0.1) is 0 Å². The van der Waals surface area contributed by atoms with Crippen molar-refractivity contribution in [1.29, 1.82) is 0 Å². The first-order valence-corrected chi connectivity index (χ1v) is 12.9. The van der Waals surface area contributed by atoms with Gasteiger partial charge in [-0.05, 0) is 53.8 Å². The van der Waals surface area contributed by atoms with Crippen LogP contribution in [0.1, 0.15) is 44.8 Å². The molecule has 1 N–H and O–H groups in total. The molecular formula is C26H39N7O3. The summed E-state index contributed by atoms with van der Waals surface area (Å²) in [6.45, 7) is 9.29. The van der Waals surface area contributed by atoms with Gasteiger partial charge in [0.25, 0.3) is 0 Å². The Labute approximate surface area is 213 Å². The number of nitrogens with zero attached hydrogens (tertiary/aromatic N) is 6. The van der Waals surface area contributed by atoms with E-state index in [0.717, 1.165) is 41.9 Å². The van der Waals surface area contributed by atoms with Crippen LogP contribution in [0.5, 0.6) is 0 Å². The lowest BCUT2D eigenvalue weighted by Gasteiger charge is -2.33. The first-order valence-electron chi connectivity index (χ1n) is 12.9. The van der Waals surface area contributed by atoms with Gasteiger partial charge in [0.05, 0.1) is 18.6 Å². The highest BCUT2D eigenvalue weighted by atomic mass is 16.6. The second-order valence-electron chi connectivity index (χ2n) is 10.4. The van der Waals surface area contributed by atoms with Crippen LogP contribution in [-0.4, -0.2) is 100 Å². The first kappa shape index (κ1) is 25.9. The highest BCUT2D eigenvalue weighted by Crippen LogP contribution is 2.27. The number of hydrogen-bond donors (Lipinski definition) is 1. The largest absolute Gasteiger partial charge is 0.444 e. The molecule has 10 nitrogen and oxygen atoms in total. The minimum atomic E-state index is -0.284. The third kappa shape index (κ3) is 6.16. The lowest BCUT2D eigenvalue weighted by atomic mass is 10.0. The summed E-state index contributed by atoms with van der Waals surface area (Å²) in [5.41, 5.74) is 3.72. The van der Waals surface area contributed by atoms with Gasteiger partial charge in [-0.3, -0.25) is 4.79 Å². The van der Waals surface area contributed by atoms with Gasteiger partial charge in [0.15, 0.2) is 5.65 Å². The lowest BCUT2D eigenvalue weighted by molar-refractivity contribution is -0.125. The zero-order valence-electron chi connectivity index (χ0n) is 22.1. The van der Waals surface area contributed by atoms with Gasteiger partial charge in [0.2, 0.25) is 5.91 Å². The summed E-state index contributed by atoms with van der Waals surface area (Å²) in [5, 5.41) is 3.64. The molecule has 2 aromatic heterocycles. The summed E-state index contributed by atoms with van der Waals surface area (Å²) in [5.74, 6) is -0.0269. The second-order valence-corrected chi connectivity index (χ2v) is 10.4. The minimum Gasteiger partial charge on any atom is -0.444 e. The van der Waals surface area contributed by atoms with Crippen LogP contribution in [0.2, 0.25) is 0 Å². The van der Waals surface area contributed by atoms with Crippen molar-refractivity contribution >= 4 is 28.9 Å². The monoisotopic (exact) mass is 497 g/mol. The van der Waals surface area contributed by atoms with Gasteiger partial charge in [-0.2, -0.15) is 0 Å². The molecule has 2 saturated heterocycles. The van der Waals surface area contributed by atoms with Crippen LogP contribution >= 0.6 is 0 Å². The summed E-state index contributed by atoms with van der Waals surface area (Å²) in [6, 6.07) is 2.58. The van der Waals surface area contributed by atoms with E-state index < -0.39 is 0 Å². The van der Waals surface area contributed by atoms with Crippen molar-refractivity contribution in [3.8, 4) is 0 Å². The Morgan fingerprint density at radius 2 is 1.92 bits per heavy atom. The zero-order chi connectivity index (χ0) is 25.8. The molecule has 2 aromatic rings. The van der Waals surface area contributed by atoms with E-state index in [4.69, 9.17) is 9.72 Å². The molecule has 1 atom stereocenters. The van der Waals surface area contributed by atoms with Crippen LogP contribution in [0.4, 0.5) is 10.5 Å². The number of anilines is 1. The molecule has 2 fully saturated rings. The number of likely N-dealkylation sites (N-methyl/N-ethyl adjacent to an activating group) is 1. The summed E-state index contributed by atoms with van der Waals surface area (Å²) in [7, 11) is 3.92. The number of hydrogen-bond acceptors (Lipinski definition) is 7. The summed E-state index contributed by atoms with van der Waals surface area (Å²) < 4.78 is 7.83. The van der Waals surface area contributed by atoms with Gasteiger partial charge in [-0.25, -0.2) is 14.8 Å². The van der Waals surface area contributed by atoms with Crippen molar-refractivity contribution in [2.24, 2.45) is 0 Å². The minimum absolute atomic E-state index is 0.0269. The normalized spacial score (nSPS) is 19.2. The van der Waals surface area contributed by atoms with E-state index in [1.165, 1.54) is 0 Å². The number of likely N-dealkylation sites (tertiary alicyclic amines) is 2. The number of pyridine rings is 1. The van der Waals surface area contributed by atoms with Crippen molar-refractivity contribution in [2.45, 2.75) is 58.2 Å². The second kappa shape index (κ2) is 11.3. The molecule has 2 amide bonds. The Balaban J connectivity index is 1.26. The van der Waals surface area contributed by atoms with E-state index in [2.05, 4.69) is 28.7 Å². The molecule has 4 heterocycles. The van der Waals surface area contributed by atoms with Gasteiger partial charge in [-0.1, -0.05) is 6.08 Å². The number of rotatable bonds is 7. The summed E-state index contributed by atoms with van der Waals surface area (Å²) in [6.07, 6.45) is 7.11. The van der Waals surface area contributed by atoms with Crippen LogP contribution in [0.3, 0.4) is 0 Å². The fourth-order valence-electron chi connectivity index (χ4n) is 4.76. The molecule has 0 bridgehead atoms. The van der Waals surface area contributed by atoms with Crippen molar-refractivity contribution in [2.75, 3.05) is 52.1 Å². The van der Waals surface area contributed by atoms with Crippen LogP contribution in [0.25, 0.3) is 11.2 Å². The maximum atomic E-state index is 12.8. The number of aryl methyl sites for hydroxylation is 1. The fraction of sp³-hybridized carbons (Fsp3) is 0.615. The van der Waals surface area contributed by atoms with E-state index in [0.29, 0.717) is 32.6 Å². The highest BCUT2D eigenvalue weighted by Gasteiger charge is 2.31. The number of ether oxygens (including phenoxy) is 1. The van der Waals surface area contributed by atoms with Gasteiger partial charge in [0.1, 0.15) is 11.6 Å². The first-order chi connectivity index (χ1) is 17.2. The number of carbonyl (C=O) groups excluding carboxylic acids is 2. The number of fused-ring (bicyclic) bond motifs is 1. The molecule has 0 aromatic carbocycles. The number of imidazole rings is 1. The molecule has 0 spiro atoms. The van der Waals surface area contributed by atoms with Crippen LogP contribution < -0.4 is 5.32 Å². The van der Waals surface area contributed by atoms with Crippen molar-refractivity contribution in [3.63, 3.8) is 0 Å². The molecule has 10 heteroatoms. The predicted octanol–water partition coefficient (Wildman–Crippen LogP) is 3.05. The molecule has 196 valence electrons. The standard InChI is InChI=1S/C26H39N7O3/c1-18(2)33-17-27-24-22(15-19(3)28-25(24)33)29-20-8-12-31(13-9-20)26(35)36-21-10-14-32(16-21)23(34)7-6-11-30(4)5/h6-7,15,17-18,20-21H,8-14,16H2,1-5H3,(H,28,29)/b7-6+/t21-/m1/s1. The number of amides is 2. The third-order valence-electron chi connectivity index (χ3n) is 6.78. The molecule has 0 unspecified atom stereocenters. The Morgan fingerprint density at radius 1 is 1.19 bits per heavy atom. The molecule has 36 heavy (non-hydrogen) atoms. The van der Waals surface area contributed by atoms with Crippen molar-refractivity contribution < 1.29 is 14.3 Å². The smallest absolute Gasteiger partial charge is 0.410 e. The lowest BCUT2D eigenvalue weighted by Crippen LogP contribution is -2.44. The highest BCUT2D eigenvalue weighted by molar-refractivity contribution is 5.88. The van der Waals surface area contributed by atoms with Gasteiger partial charge < -0.3 is 29.3 Å². The Bertz CT molecular complexity index is 1100. The molecule has 0 radical (unpaired) electrons.